The van der Waals surface area contributed by atoms with Crippen molar-refractivity contribution in [2.24, 2.45) is 4.99 Å². The monoisotopic (exact) mass is 333 g/mol. The van der Waals surface area contributed by atoms with E-state index in [4.69, 9.17) is 0 Å². The Morgan fingerprint density at radius 1 is 1.09 bits per heavy atom. The SMILES string of the molecule is CCCCCCCC/N=C1\SCN(c2ccccc2)C(=O)N1C. The van der Waals surface area contributed by atoms with Crippen LogP contribution in [0.4, 0.5) is 10.5 Å². The zero-order valence-corrected chi connectivity index (χ0v) is 15.0. The van der Waals surface area contributed by atoms with Gasteiger partial charge in [0.1, 0.15) is 0 Å². The largest absolute Gasteiger partial charge is 0.331 e. The zero-order chi connectivity index (χ0) is 16.5. The second-order valence-corrected chi connectivity index (χ2v) is 6.72. The van der Waals surface area contributed by atoms with Crippen LogP contribution in [-0.2, 0) is 0 Å². The molecule has 1 heterocycles. The Morgan fingerprint density at radius 2 is 1.78 bits per heavy atom. The number of hydrogen-bond donors (Lipinski definition) is 0. The Kier molecular flexibility index (Phi) is 7.46. The van der Waals surface area contributed by atoms with Crippen LogP contribution in [0.25, 0.3) is 0 Å². The van der Waals surface area contributed by atoms with E-state index in [-0.39, 0.29) is 6.03 Å². The van der Waals surface area contributed by atoms with Crippen LogP contribution >= 0.6 is 11.8 Å². The maximum atomic E-state index is 12.5. The number of urea groups is 1. The van der Waals surface area contributed by atoms with Gasteiger partial charge >= 0.3 is 6.03 Å². The van der Waals surface area contributed by atoms with Crippen LogP contribution < -0.4 is 4.90 Å². The highest BCUT2D eigenvalue weighted by atomic mass is 32.2. The summed E-state index contributed by atoms with van der Waals surface area (Å²) in [4.78, 5) is 20.6. The Balaban J connectivity index is 1.80. The van der Waals surface area contributed by atoms with Crippen LogP contribution in [0.1, 0.15) is 45.4 Å². The first-order valence-corrected chi connectivity index (χ1v) is 9.50. The van der Waals surface area contributed by atoms with Crippen molar-refractivity contribution in [2.45, 2.75) is 45.4 Å². The van der Waals surface area contributed by atoms with Gasteiger partial charge in [0.15, 0.2) is 5.17 Å². The van der Waals surface area contributed by atoms with Crippen molar-refractivity contribution in [2.75, 3.05) is 24.4 Å². The molecule has 0 aliphatic carbocycles. The van der Waals surface area contributed by atoms with Crippen LogP contribution in [0.2, 0.25) is 0 Å². The van der Waals surface area contributed by atoms with Gasteiger partial charge in [-0.25, -0.2) is 4.79 Å². The zero-order valence-electron chi connectivity index (χ0n) is 14.2. The summed E-state index contributed by atoms with van der Waals surface area (Å²) < 4.78 is 0. The lowest BCUT2D eigenvalue weighted by molar-refractivity contribution is 0.233. The van der Waals surface area contributed by atoms with Crippen LogP contribution in [0.15, 0.2) is 35.3 Å². The molecular formula is C18H27N3OS. The molecule has 0 N–H and O–H groups in total. The minimum atomic E-state index is -0.00311. The molecular weight excluding hydrogens is 306 g/mol. The minimum absolute atomic E-state index is 0.00311. The van der Waals surface area contributed by atoms with Gasteiger partial charge in [0, 0.05) is 19.3 Å². The average molecular weight is 334 g/mol. The van der Waals surface area contributed by atoms with E-state index in [1.54, 1.807) is 21.6 Å². The van der Waals surface area contributed by atoms with E-state index in [1.807, 2.05) is 37.4 Å². The van der Waals surface area contributed by atoms with Crippen LogP contribution in [0.3, 0.4) is 0 Å². The summed E-state index contributed by atoms with van der Waals surface area (Å²) in [6, 6.07) is 9.79. The molecule has 0 atom stereocenters. The summed E-state index contributed by atoms with van der Waals surface area (Å²) in [5.74, 6) is 0.628. The quantitative estimate of drug-likeness (QED) is 0.630. The number of amidine groups is 1. The third kappa shape index (κ3) is 5.27. The van der Waals surface area contributed by atoms with Gasteiger partial charge in [-0.2, -0.15) is 0 Å². The first kappa shape index (κ1) is 17.9. The number of amides is 2. The number of carbonyl (C=O) groups is 1. The molecule has 1 saturated heterocycles. The molecule has 0 bridgehead atoms. The number of rotatable bonds is 8. The van der Waals surface area contributed by atoms with Gasteiger partial charge in [0.05, 0.1) is 5.88 Å². The predicted molar refractivity (Wildman–Crippen MR) is 100 cm³/mol. The number of thioether (sulfide) groups is 1. The van der Waals surface area contributed by atoms with Crippen molar-refractivity contribution < 1.29 is 4.79 Å². The molecule has 0 aromatic heterocycles. The molecule has 0 unspecified atom stereocenters. The van der Waals surface area contributed by atoms with Gasteiger partial charge in [-0.15, -0.1) is 0 Å². The summed E-state index contributed by atoms with van der Waals surface area (Å²) in [6.07, 6.45) is 7.57. The number of unbranched alkanes of at least 4 members (excludes halogenated alkanes) is 5. The summed E-state index contributed by atoms with van der Waals surface area (Å²) in [7, 11) is 1.81. The molecule has 126 valence electrons. The summed E-state index contributed by atoms with van der Waals surface area (Å²) in [5.41, 5.74) is 0.937. The third-order valence-corrected chi connectivity index (χ3v) is 5.00. The average Bonchev–Trinajstić information content (AvgIpc) is 2.58. The van der Waals surface area contributed by atoms with Gasteiger partial charge in [-0.1, -0.05) is 69.0 Å². The fourth-order valence-corrected chi connectivity index (χ4v) is 3.51. The van der Waals surface area contributed by atoms with E-state index < -0.39 is 0 Å². The van der Waals surface area contributed by atoms with E-state index >= 15 is 0 Å². The van der Waals surface area contributed by atoms with Crippen LogP contribution in [-0.4, -0.2) is 35.6 Å². The van der Waals surface area contributed by atoms with Crippen molar-refractivity contribution in [1.82, 2.24) is 4.90 Å². The van der Waals surface area contributed by atoms with Crippen molar-refractivity contribution in [3.63, 3.8) is 0 Å². The number of carbonyl (C=O) groups excluding carboxylic acids is 1. The van der Waals surface area contributed by atoms with E-state index in [0.29, 0.717) is 5.88 Å². The van der Waals surface area contributed by atoms with Gasteiger partial charge < -0.3 is 0 Å². The maximum Gasteiger partial charge on any atom is 0.331 e. The van der Waals surface area contributed by atoms with E-state index in [1.165, 1.54) is 32.1 Å². The molecule has 1 aromatic rings. The van der Waals surface area contributed by atoms with E-state index in [2.05, 4.69) is 11.9 Å². The van der Waals surface area contributed by atoms with Crippen LogP contribution in [0.5, 0.6) is 0 Å². The fourth-order valence-electron chi connectivity index (χ4n) is 2.55. The molecule has 4 nitrogen and oxygen atoms in total. The standard InChI is InChI=1S/C18H27N3OS/c1-3-4-5-6-7-11-14-19-17-20(2)18(22)21(15-23-17)16-12-9-8-10-13-16/h8-10,12-13H,3-7,11,14-15H2,1-2H3/b19-17-. The van der Waals surface area contributed by atoms with E-state index in [9.17, 15) is 4.79 Å². The highest BCUT2D eigenvalue weighted by molar-refractivity contribution is 8.14. The van der Waals surface area contributed by atoms with E-state index in [0.717, 1.165) is 23.8 Å². The van der Waals surface area contributed by atoms with Gasteiger partial charge in [-0.05, 0) is 18.6 Å². The van der Waals surface area contributed by atoms with Crippen LogP contribution in [0, 0.1) is 0 Å². The summed E-state index contributed by atoms with van der Waals surface area (Å²) in [6.45, 7) is 3.05. The molecule has 0 saturated carbocycles. The highest BCUT2D eigenvalue weighted by Crippen LogP contribution is 2.25. The molecule has 0 spiro atoms. The van der Waals surface area contributed by atoms with Crippen molar-refractivity contribution in [3.05, 3.63) is 30.3 Å². The van der Waals surface area contributed by atoms with Gasteiger partial charge in [-0.3, -0.25) is 14.8 Å². The lowest BCUT2D eigenvalue weighted by Gasteiger charge is -2.33. The Morgan fingerprint density at radius 3 is 2.52 bits per heavy atom. The maximum absolute atomic E-state index is 12.5. The molecule has 23 heavy (non-hydrogen) atoms. The number of benzene rings is 1. The van der Waals surface area contributed by atoms with Crippen molar-refractivity contribution >= 4 is 28.6 Å². The molecule has 2 amide bonds. The second kappa shape index (κ2) is 9.60. The topological polar surface area (TPSA) is 35.9 Å². The summed E-state index contributed by atoms with van der Waals surface area (Å²) >= 11 is 1.63. The van der Waals surface area contributed by atoms with Gasteiger partial charge in [0.25, 0.3) is 0 Å². The number of aliphatic imine (C=N–C) groups is 1. The number of nitrogens with zero attached hydrogens (tertiary/aromatic N) is 3. The lowest BCUT2D eigenvalue weighted by Crippen LogP contribution is -2.48. The molecule has 5 heteroatoms. The normalized spacial score (nSPS) is 17.1. The third-order valence-electron chi connectivity index (χ3n) is 3.95. The second-order valence-electron chi connectivity index (χ2n) is 5.81. The fraction of sp³-hybridized carbons (Fsp3) is 0.556. The number of hydrogen-bond acceptors (Lipinski definition) is 3. The minimum Gasteiger partial charge on any atom is -0.284 e. The Bertz CT molecular complexity index is 518. The Hall–Kier alpha value is -1.49. The first-order chi connectivity index (χ1) is 11.2. The molecule has 1 aromatic carbocycles. The summed E-state index contributed by atoms with van der Waals surface area (Å²) in [5, 5.41) is 0.843. The molecule has 1 aliphatic rings. The lowest BCUT2D eigenvalue weighted by atomic mass is 10.1. The Labute approximate surface area is 144 Å². The van der Waals surface area contributed by atoms with Gasteiger partial charge in [0.2, 0.25) is 0 Å². The molecule has 1 aliphatic heterocycles. The molecule has 1 fully saturated rings. The van der Waals surface area contributed by atoms with Crippen molar-refractivity contribution in [3.8, 4) is 0 Å². The predicted octanol–water partition coefficient (Wildman–Crippen LogP) is 4.97. The smallest absolute Gasteiger partial charge is 0.284 e. The molecule has 0 radical (unpaired) electrons. The van der Waals surface area contributed by atoms with Crippen molar-refractivity contribution in [1.29, 1.82) is 0 Å². The molecule has 2 rings (SSSR count). The first-order valence-electron chi connectivity index (χ1n) is 8.51. The number of para-hydroxylation sites is 1. The number of anilines is 1. The highest BCUT2D eigenvalue weighted by Gasteiger charge is 2.29.